The van der Waals surface area contributed by atoms with Crippen molar-refractivity contribution in [2.75, 3.05) is 11.5 Å². The van der Waals surface area contributed by atoms with Gasteiger partial charge in [-0.1, -0.05) is 30.3 Å². The summed E-state index contributed by atoms with van der Waals surface area (Å²) in [5.74, 6) is 2.27. The summed E-state index contributed by atoms with van der Waals surface area (Å²) in [4.78, 5) is 11.7. The fraction of sp³-hybridized carbons (Fsp3) is 0.462. The van der Waals surface area contributed by atoms with Crippen LogP contribution in [0.25, 0.3) is 0 Å². The van der Waals surface area contributed by atoms with Crippen LogP contribution in [0.1, 0.15) is 18.4 Å². The number of carbonyl (C=O) groups excluding carboxylic acids is 1. The van der Waals surface area contributed by atoms with E-state index < -0.39 is 0 Å². The average Bonchev–Trinajstić information content (AvgIpc) is 2.39. The molecule has 4 heteroatoms. The van der Waals surface area contributed by atoms with Crippen molar-refractivity contribution >= 4 is 17.8 Å². The molecule has 1 atom stereocenters. The number of carbonyl (C=O) groups is 1. The third-order valence-corrected chi connectivity index (χ3v) is 4.01. The Morgan fingerprint density at radius 2 is 2.18 bits per heavy atom. The molecule has 0 aromatic heterocycles. The van der Waals surface area contributed by atoms with Gasteiger partial charge in [-0.3, -0.25) is 0 Å². The molecule has 2 rings (SSSR count). The van der Waals surface area contributed by atoms with E-state index in [9.17, 15) is 4.79 Å². The lowest BCUT2D eigenvalue weighted by atomic mass is 10.2. The van der Waals surface area contributed by atoms with E-state index in [2.05, 4.69) is 10.6 Å². The van der Waals surface area contributed by atoms with Gasteiger partial charge in [0.1, 0.15) is 0 Å². The highest BCUT2D eigenvalue weighted by atomic mass is 32.2. The van der Waals surface area contributed by atoms with Crippen LogP contribution >= 0.6 is 11.8 Å². The van der Waals surface area contributed by atoms with Gasteiger partial charge in [-0.15, -0.1) is 0 Å². The normalized spacial score (nSPS) is 19.6. The van der Waals surface area contributed by atoms with Crippen LogP contribution in [0.15, 0.2) is 30.3 Å². The van der Waals surface area contributed by atoms with Crippen LogP contribution in [0.2, 0.25) is 0 Å². The zero-order valence-electron chi connectivity index (χ0n) is 9.82. The van der Waals surface area contributed by atoms with Gasteiger partial charge in [-0.25, -0.2) is 4.79 Å². The second kappa shape index (κ2) is 6.55. The number of rotatable bonds is 3. The Morgan fingerprint density at radius 1 is 1.35 bits per heavy atom. The first-order valence-electron chi connectivity index (χ1n) is 6.00. The number of hydrogen-bond acceptors (Lipinski definition) is 2. The second-order valence-corrected chi connectivity index (χ2v) is 5.38. The topological polar surface area (TPSA) is 41.1 Å². The van der Waals surface area contributed by atoms with Crippen LogP contribution in [0.3, 0.4) is 0 Å². The molecule has 1 aromatic carbocycles. The first kappa shape index (κ1) is 12.3. The molecule has 1 heterocycles. The first-order chi connectivity index (χ1) is 8.34. The number of amides is 2. The zero-order valence-corrected chi connectivity index (χ0v) is 10.6. The summed E-state index contributed by atoms with van der Waals surface area (Å²) >= 11 is 1.92. The predicted molar refractivity (Wildman–Crippen MR) is 72.2 cm³/mol. The highest BCUT2D eigenvalue weighted by molar-refractivity contribution is 7.99. The lowest BCUT2D eigenvalue weighted by Gasteiger charge is -2.22. The van der Waals surface area contributed by atoms with Crippen LogP contribution in [0.4, 0.5) is 4.79 Å². The first-order valence-corrected chi connectivity index (χ1v) is 7.16. The van der Waals surface area contributed by atoms with Gasteiger partial charge in [0.2, 0.25) is 0 Å². The Kier molecular flexibility index (Phi) is 4.74. The Balaban J connectivity index is 1.70. The van der Waals surface area contributed by atoms with Crippen molar-refractivity contribution in [1.82, 2.24) is 10.6 Å². The van der Waals surface area contributed by atoms with Gasteiger partial charge in [-0.05, 0) is 24.2 Å². The van der Waals surface area contributed by atoms with E-state index in [1.807, 2.05) is 42.1 Å². The zero-order chi connectivity index (χ0) is 11.9. The van der Waals surface area contributed by atoms with Gasteiger partial charge < -0.3 is 10.6 Å². The third-order valence-electron chi connectivity index (χ3n) is 2.79. The molecule has 0 aliphatic carbocycles. The Labute approximate surface area is 106 Å². The van der Waals surface area contributed by atoms with Crippen molar-refractivity contribution < 1.29 is 4.79 Å². The molecule has 1 saturated heterocycles. The molecule has 17 heavy (non-hydrogen) atoms. The molecule has 0 bridgehead atoms. The number of urea groups is 1. The standard InChI is InChI=1S/C13H18N2OS/c16-13(15-12-7-4-8-17-10-12)14-9-11-5-2-1-3-6-11/h1-3,5-6,12H,4,7-10H2,(H2,14,15,16). The maximum absolute atomic E-state index is 11.7. The number of thioether (sulfide) groups is 1. The van der Waals surface area contributed by atoms with Gasteiger partial charge >= 0.3 is 6.03 Å². The molecule has 1 unspecified atom stereocenters. The molecule has 2 N–H and O–H groups in total. The van der Waals surface area contributed by atoms with Gasteiger partial charge in [0.25, 0.3) is 0 Å². The van der Waals surface area contributed by atoms with Gasteiger partial charge in [0.15, 0.2) is 0 Å². The molecule has 1 aliphatic heterocycles. The molecule has 0 spiro atoms. The van der Waals surface area contributed by atoms with Crippen LogP contribution in [0.5, 0.6) is 0 Å². The third kappa shape index (κ3) is 4.30. The molecule has 92 valence electrons. The average molecular weight is 250 g/mol. The summed E-state index contributed by atoms with van der Waals surface area (Å²) < 4.78 is 0. The Bertz CT molecular complexity index is 350. The summed E-state index contributed by atoms with van der Waals surface area (Å²) in [5.41, 5.74) is 1.13. The van der Waals surface area contributed by atoms with Gasteiger partial charge in [0, 0.05) is 18.3 Å². The summed E-state index contributed by atoms with van der Waals surface area (Å²) in [7, 11) is 0. The highest BCUT2D eigenvalue weighted by Crippen LogP contribution is 2.16. The van der Waals surface area contributed by atoms with E-state index in [1.165, 1.54) is 12.2 Å². The highest BCUT2D eigenvalue weighted by Gasteiger charge is 2.15. The van der Waals surface area contributed by atoms with E-state index in [-0.39, 0.29) is 6.03 Å². The lowest BCUT2D eigenvalue weighted by Crippen LogP contribution is -2.44. The Morgan fingerprint density at radius 3 is 2.88 bits per heavy atom. The van der Waals surface area contributed by atoms with E-state index in [0.29, 0.717) is 12.6 Å². The van der Waals surface area contributed by atoms with E-state index >= 15 is 0 Å². The maximum atomic E-state index is 11.7. The smallest absolute Gasteiger partial charge is 0.315 e. The van der Waals surface area contributed by atoms with Crippen LogP contribution < -0.4 is 10.6 Å². The van der Waals surface area contributed by atoms with E-state index in [4.69, 9.17) is 0 Å². The molecule has 2 amide bonds. The summed E-state index contributed by atoms with van der Waals surface area (Å²) in [6.45, 7) is 0.590. The van der Waals surface area contributed by atoms with Crippen LogP contribution in [-0.4, -0.2) is 23.6 Å². The molecular formula is C13H18N2OS. The maximum Gasteiger partial charge on any atom is 0.315 e. The van der Waals surface area contributed by atoms with Crippen molar-refractivity contribution in [2.45, 2.75) is 25.4 Å². The van der Waals surface area contributed by atoms with Crippen molar-refractivity contribution in [2.24, 2.45) is 0 Å². The Hall–Kier alpha value is -1.16. The molecule has 1 fully saturated rings. The monoisotopic (exact) mass is 250 g/mol. The summed E-state index contributed by atoms with van der Waals surface area (Å²) in [6, 6.07) is 10.2. The number of hydrogen-bond donors (Lipinski definition) is 2. The van der Waals surface area contributed by atoms with Crippen LogP contribution in [0, 0.1) is 0 Å². The van der Waals surface area contributed by atoms with Gasteiger partial charge in [-0.2, -0.15) is 11.8 Å². The fourth-order valence-electron chi connectivity index (χ4n) is 1.87. The quantitative estimate of drug-likeness (QED) is 0.865. The fourth-order valence-corrected chi connectivity index (χ4v) is 2.94. The molecular weight excluding hydrogens is 232 g/mol. The SMILES string of the molecule is O=C(NCc1ccccc1)NC1CCCSC1. The van der Waals surface area contributed by atoms with E-state index in [0.717, 1.165) is 17.7 Å². The molecule has 0 radical (unpaired) electrons. The van der Waals surface area contributed by atoms with Crippen molar-refractivity contribution in [3.05, 3.63) is 35.9 Å². The van der Waals surface area contributed by atoms with Crippen LogP contribution in [-0.2, 0) is 6.54 Å². The molecule has 1 aliphatic rings. The van der Waals surface area contributed by atoms with Gasteiger partial charge in [0.05, 0.1) is 0 Å². The van der Waals surface area contributed by atoms with E-state index in [1.54, 1.807) is 0 Å². The molecule has 0 saturated carbocycles. The van der Waals surface area contributed by atoms with Crippen molar-refractivity contribution in [3.8, 4) is 0 Å². The lowest BCUT2D eigenvalue weighted by molar-refractivity contribution is 0.237. The second-order valence-electron chi connectivity index (χ2n) is 4.23. The van der Waals surface area contributed by atoms with Crippen molar-refractivity contribution in [3.63, 3.8) is 0 Å². The summed E-state index contributed by atoms with van der Waals surface area (Å²) in [5, 5.41) is 5.91. The minimum absolute atomic E-state index is 0.0543. The predicted octanol–water partition coefficient (Wildman–Crippen LogP) is 2.38. The number of nitrogens with one attached hydrogen (secondary N) is 2. The molecule has 3 nitrogen and oxygen atoms in total. The van der Waals surface area contributed by atoms with Crippen molar-refractivity contribution in [1.29, 1.82) is 0 Å². The molecule has 1 aromatic rings. The number of benzene rings is 1. The summed E-state index contributed by atoms with van der Waals surface area (Å²) in [6.07, 6.45) is 2.31. The minimum atomic E-state index is -0.0543. The minimum Gasteiger partial charge on any atom is -0.335 e. The largest absolute Gasteiger partial charge is 0.335 e.